The summed E-state index contributed by atoms with van der Waals surface area (Å²) in [5.74, 6) is 1.62. The molecule has 1 fully saturated rings. The van der Waals surface area contributed by atoms with E-state index in [0.29, 0.717) is 12.3 Å². The maximum absolute atomic E-state index is 11.4. The van der Waals surface area contributed by atoms with Crippen molar-refractivity contribution in [3.8, 4) is 0 Å². The van der Waals surface area contributed by atoms with E-state index in [2.05, 4.69) is 26.7 Å². The summed E-state index contributed by atoms with van der Waals surface area (Å²) in [6, 6.07) is 10.3. The maximum Gasteiger partial charge on any atom is 0.219 e. The summed E-state index contributed by atoms with van der Waals surface area (Å²) in [5.41, 5.74) is 1.24. The number of hydrogen-bond acceptors (Lipinski definition) is 5. The van der Waals surface area contributed by atoms with Gasteiger partial charge in [0.2, 0.25) is 11.0 Å². The minimum Gasteiger partial charge on any atom is -0.356 e. The number of hydrogen-bond donors (Lipinski definition) is 1. The fraction of sp³-hybridized carbons (Fsp3) is 0.500. The van der Waals surface area contributed by atoms with Crippen LogP contribution in [-0.4, -0.2) is 34.9 Å². The lowest BCUT2D eigenvalue weighted by Crippen LogP contribution is -2.38. The van der Waals surface area contributed by atoms with Crippen molar-refractivity contribution in [2.24, 2.45) is 5.92 Å². The van der Waals surface area contributed by atoms with Crippen LogP contribution in [0.15, 0.2) is 30.3 Å². The molecular weight excluding hydrogens is 320 g/mol. The van der Waals surface area contributed by atoms with Crippen LogP contribution in [-0.2, 0) is 11.2 Å². The van der Waals surface area contributed by atoms with Crippen LogP contribution in [0.25, 0.3) is 0 Å². The Bertz CT molecular complexity index is 650. The fourth-order valence-corrected chi connectivity index (χ4v) is 3.67. The van der Waals surface area contributed by atoms with E-state index in [-0.39, 0.29) is 5.91 Å². The van der Waals surface area contributed by atoms with Gasteiger partial charge in [-0.3, -0.25) is 4.79 Å². The monoisotopic (exact) mass is 344 g/mol. The minimum atomic E-state index is 0.145. The van der Waals surface area contributed by atoms with E-state index in [9.17, 15) is 4.79 Å². The van der Waals surface area contributed by atoms with Crippen LogP contribution in [0.5, 0.6) is 0 Å². The number of carbonyl (C=O) groups excluding carboxylic acids is 1. The van der Waals surface area contributed by atoms with Crippen LogP contribution < -0.4 is 10.2 Å². The van der Waals surface area contributed by atoms with Crippen molar-refractivity contribution >= 4 is 22.6 Å². The molecule has 0 saturated carbocycles. The predicted molar refractivity (Wildman–Crippen MR) is 97.4 cm³/mol. The Morgan fingerprint density at radius 3 is 2.75 bits per heavy atom. The molecule has 1 aromatic heterocycles. The zero-order valence-electron chi connectivity index (χ0n) is 14.1. The second kappa shape index (κ2) is 8.24. The van der Waals surface area contributed by atoms with Gasteiger partial charge in [0.05, 0.1) is 0 Å². The van der Waals surface area contributed by atoms with E-state index in [4.69, 9.17) is 4.98 Å². The van der Waals surface area contributed by atoms with Crippen molar-refractivity contribution in [2.75, 3.05) is 24.5 Å². The topological polar surface area (TPSA) is 58.1 Å². The van der Waals surface area contributed by atoms with Gasteiger partial charge >= 0.3 is 0 Å². The second-order valence-corrected chi connectivity index (χ2v) is 6.97. The first-order valence-electron chi connectivity index (χ1n) is 8.62. The van der Waals surface area contributed by atoms with Gasteiger partial charge < -0.3 is 10.2 Å². The van der Waals surface area contributed by atoms with Gasteiger partial charge in [-0.15, -0.1) is 0 Å². The molecule has 128 valence electrons. The Morgan fingerprint density at radius 1 is 1.29 bits per heavy atom. The molecule has 1 aliphatic heterocycles. The van der Waals surface area contributed by atoms with Gasteiger partial charge in [0.25, 0.3) is 0 Å². The minimum absolute atomic E-state index is 0.145. The molecule has 5 nitrogen and oxygen atoms in total. The molecule has 0 unspecified atom stereocenters. The molecule has 0 atom stereocenters. The highest BCUT2D eigenvalue weighted by Crippen LogP contribution is 2.25. The first-order valence-corrected chi connectivity index (χ1v) is 9.40. The van der Waals surface area contributed by atoms with Crippen LogP contribution in [0.2, 0.25) is 0 Å². The van der Waals surface area contributed by atoms with Gasteiger partial charge in [-0.25, -0.2) is 4.98 Å². The summed E-state index contributed by atoms with van der Waals surface area (Å²) in [5, 5.41) is 4.03. The highest BCUT2D eigenvalue weighted by molar-refractivity contribution is 7.09. The Balaban J connectivity index is 1.49. The zero-order valence-corrected chi connectivity index (χ0v) is 14.9. The maximum atomic E-state index is 11.4. The average Bonchev–Trinajstić information content (AvgIpc) is 3.09. The fourth-order valence-electron chi connectivity index (χ4n) is 2.93. The van der Waals surface area contributed by atoms with Crippen molar-refractivity contribution in [2.45, 2.75) is 32.6 Å². The molecule has 1 amide bonds. The average molecular weight is 344 g/mol. The molecule has 1 saturated heterocycles. The molecule has 1 aromatic carbocycles. The Labute approximate surface area is 147 Å². The summed E-state index contributed by atoms with van der Waals surface area (Å²) >= 11 is 1.49. The summed E-state index contributed by atoms with van der Waals surface area (Å²) in [4.78, 5) is 18.4. The smallest absolute Gasteiger partial charge is 0.219 e. The molecule has 24 heavy (non-hydrogen) atoms. The summed E-state index contributed by atoms with van der Waals surface area (Å²) in [6.45, 7) is 4.68. The molecule has 0 radical (unpaired) electrons. The number of carbonyl (C=O) groups is 1. The van der Waals surface area contributed by atoms with E-state index in [1.54, 1.807) is 0 Å². The zero-order chi connectivity index (χ0) is 16.8. The first kappa shape index (κ1) is 16.9. The van der Waals surface area contributed by atoms with E-state index >= 15 is 0 Å². The largest absolute Gasteiger partial charge is 0.356 e. The van der Waals surface area contributed by atoms with Crippen LogP contribution in [0, 0.1) is 5.92 Å². The van der Waals surface area contributed by atoms with Crippen molar-refractivity contribution in [1.29, 1.82) is 0 Å². The summed E-state index contributed by atoms with van der Waals surface area (Å²) in [6.07, 6.45) is 3.54. The van der Waals surface area contributed by atoms with E-state index in [0.717, 1.165) is 49.9 Å². The molecule has 1 aliphatic rings. The third-order valence-electron chi connectivity index (χ3n) is 4.46. The van der Waals surface area contributed by atoms with Gasteiger partial charge in [0.15, 0.2) is 0 Å². The SMILES string of the molecule is CCC(=O)NCC1CCN(c2nc(Cc3ccccc3)ns2)CC1. The molecule has 2 heterocycles. The number of anilines is 1. The van der Waals surface area contributed by atoms with Crippen molar-refractivity contribution < 1.29 is 4.79 Å². The molecule has 6 heteroatoms. The molecule has 0 aliphatic carbocycles. The number of amides is 1. The molecule has 1 N–H and O–H groups in total. The third kappa shape index (κ3) is 4.54. The Kier molecular flexibility index (Phi) is 5.80. The molecular formula is C18H24N4OS. The first-order chi connectivity index (χ1) is 11.7. The lowest BCUT2D eigenvalue weighted by molar-refractivity contribution is -0.120. The number of nitrogens with one attached hydrogen (secondary N) is 1. The number of aromatic nitrogens is 2. The quantitative estimate of drug-likeness (QED) is 0.875. The van der Waals surface area contributed by atoms with Gasteiger partial charge in [-0.2, -0.15) is 4.37 Å². The van der Waals surface area contributed by atoms with Gasteiger partial charge in [0.1, 0.15) is 5.82 Å². The molecule has 0 spiro atoms. The van der Waals surface area contributed by atoms with E-state index in [1.165, 1.54) is 17.1 Å². The summed E-state index contributed by atoms with van der Waals surface area (Å²) in [7, 11) is 0. The van der Waals surface area contributed by atoms with E-state index < -0.39 is 0 Å². The molecule has 0 bridgehead atoms. The highest BCUT2D eigenvalue weighted by atomic mass is 32.1. The van der Waals surface area contributed by atoms with Gasteiger partial charge in [0, 0.05) is 44.0 Å². The van der Waals surface area contributed by atoms with Crippen LogP contribution in [0.4, 0.5) is 5.13 Å². The third-order valence-corrected chi connectivity index (χ3v) is 5.27. The number of benzene rings is 1. The van der Waals surface area contributed by atoms with Crippen molar-refractivity contribution in [3.05, 3.63) is 41.7 Å². The second-order valence-electron chi connectivity index (χ2n) is 6.24. The van der Waals surface area contributed by atoms with Crippen LogP contribution in [0.1, 0.15) is 37.6 Å². The Morgan fingerprint density at radius 2 is 2.04 bits per heavy atom. The van der Waals surface area contributed by atoms with Gasteiger partial charge in [-0.05, 0) is 24.3 Å². The van der Waals surface area contributed by atoms with Crippen LogP contribution >= 0.6 is 11.5 Å². The lowest BCUT2D eigenvalue weighted by Gasteiger charge is -2.31. The molecule has 3 rings (SSSR count). The Hall–Kier alpha value is -1.95. The van der Waals surface area contributed by atoms with Gasteiger partial charge in [-0.1, -0.05) is 37.3 Å². The normalized spacial score (nSPS) is 15.5. The van der Waals surface area contributed by atoms with Crippen LogP contribution in [0.3, 0.4) is 0 Å². The number of piperidine rings is 1. The van der Waals surface area contributed by atoms with Crippen molar-refractivity contribution in [1.82, 2.24) is 14.7 Å². The predicted octanol–water partition coefficient (Wildman–Crippen LogP) is 2.87. The number of nitrogens with zero attached hydrogens (tertiary/aromatic N) is 3. The van der Waals surface area contributed by atoms with E-state index in [1.807, 2.05) is 25.1 Å². The lowest BCUT2D eigenvalue weighted by atomic mass is 9.97. The standard InChI is InChI=1S/C18H24N4OS/c1-2-17(23)19-13-15-8-10-22(11-9-15)18-20-16(21-24-18)12-14-6-4-3-5-7-14/h3-7,15H,2,8-13H2,1H3,(H,19,23). The highest BCUT2D eigenvalue weighted by Gasteiger charge is 2.22. The summed E-state index contributed by atoms with van der Waals surface area (Å²) < 4.78 is 4.51. The molecule has 2 aromatic rings. The van der Waals surface area contributed by atoms with Crippen molar-refractivity contribution in [3.63, 3.8) is 0 Å². The number of rotatable bonds is 6.